The molecule has 0 radical (unpaired) electrons. The molecule has 1 amide bonds. The van der Waals surface area contributed by atoms with Gasteiger partial charge in [0.25, 0.3) is 5.91 Å². The zero-order valence-corrected chi connectivity index (χ0v) is 19.9. The Morgan fingerprint density at radius 2 is 1.82 bits per heavy atom. The van der Waals surface area contributed by atoms with Gasteiger partial charge in [-0.25, -0.2) is 5.01 Å². The molecule has 7 heteroatoms. The average Bonchev–Trinajstić information content (AvgIpc) is 3.30. The molecule has 1 saturated heterocycles. The number of ether oxygens (including phenoxy) is 3. The van der Waals surface area contributed by atoms with Crippen LogP contribution < -0.4 is 14.2 Å². The van der Waals surface area contributed by atoms with Crippen LogP contribution in [0.2, 0.25) is 0 Å². The maximum absolute atomic E-state index is 13.6. The van der Waals surface area contributed by atoms with Crippen LogP contribution in [-0.2, 0) is 4.79 Å². The predicted molar refractivity (Wildman–Crippen MR) is 128 cm³/mol. The Labute approximate surface area is 195 Å². The Kier molecular flexibility index (Phi) is 7.18. The number of hydrogen-bond acceptors (Lipinski definition) is 6. The summed E-state index contributed by atoms with van der Waals surface area (Å²) in [6.07, 6.45) is 4.02. The lowest BCUT2D eigenvalue weighted by Crippen LogP contribution is -2.44. The summed E-state index contributed by atoms with van der Waals surface area (Å²) in [6.45, 7) is 3.49. The summed E-state index contributed by atoms with van der Waals surface area (Å²) in [7, 11) is 4.93. The largest absolute Gasteiger partial charge is 0.497 e. The number of carbonyl (C=O) groups excluding carboxylic acids is 1. The third-order valence-electron chi connectivity index (χ3n) is 6.66. The van der Waals surface area contributed by atoms with Gasteiger partial charge in [0, 0.05) is 23.6 Å². The minimum atomic E-state index is -0.289. The Morgan fingerprint density at radius 1 is 1.03 bits per heavy atom. The Morgan fingerprint density at radius 3 is 2.55 bits per heavy atom. The molecule has 2 atom stereocenters. The summed E-state index contributed by atoms with van der Waals surface area (Å²) < 4.78 is 16.7. The number of carbonyl (C=O) groups is 1. The van der Waals surface area contributed by atoms with Crippen molar-refractivity contribution >= 4 is 11.6 Å². The number of hydrazone groups is 1. The molecule has 2 aliphatic heterocycles. The van der Waals surface area contributed by atoms with Crippen molar-refractivity contribution in [3.63, 3.8) is 0 Å². The highest BCUT2D eigenvalue weighted by atomic mass is 16.5. The minimum Gasteiger partial charge on any atom is -0.497 e. The molecule has 0 spiro atoms. The molecule has 33 heavy (non-hydrogen) atoms. The summed E-state index contributed by atoms with van der Waals surface area (Å²) in [5.74, 6) is 2.16. The van der Waals surface area contributed by atoms with E-state index in [2.05, 4.69) is 11.8 Å². The SMILES string of the molecule is COc1ccc(OC)c(C2CC(c3ccccc3OC)=NN2C(=O)CN2CCCCC2C)c1. The molecule has 1 fully saturated rings. The van der Waals surface area contributed by atoms with Gasteiger partial charge in [-0.1, -0.05) is 18.6 Å². The van der Waals surface area contributed by atoms with Crippen LogP contribution in [0.3, 0.4) is 0 Å². The second-order valence-electron chi connectivity index (χ2n) is 8.63. The fraction of sp³-hybridized carbons (Fsp3) is 0.462. The van der Waals surface area contributed by atoms with E-state index in [1.165, 1.54) is 6.42 Å². The molecule has 0 saturated carbocycles. The molecule has 0 aliphatic carbocycles. The highest BCUT2D eigenvalue weighted by Gasteiger charge is 2.37. The van der Waals surface area contributed by atoms with Crippen LogP contribution in [0, 0.1) is 0 Å². The summed E-state index contributed by atoms with van der Waals surface area (Å²) in [5, 5.41) is 6.48. The van der Waals surface area contributed by atoms with Crippen LogP contribution >= 0.6 is 0 Å². The van der Waals surface area contributed by atoms with Crippen LogP contribution in [0.4, 0.5) is 0 Å². The molecule has 0 aromatic heterocycles. The molecule has 2 aromatic carbocycles. The van der Waals surface area contributed by atoms with Gasteiger partial charge in [0.1, 0.15) is 17.2 Å². The topological polar surface area (TPSA) is 63.6 Å². The summed E-state index contributed by atoms with van der Waals surface area (Å²) in [6, 6.07) is 13.6. The number of hydrogen-bond donors (Lipinski definition) is 0. The monoisotopic (exact) mass is 451 g/mol. The number of rotatable bonds is 7. The van der Waals surface area contributed by atoms with Crippen LogP contribution in [0.5, 0.6) is 17.2 Å². The minimum absolute atomic E-state index is 0.0106. The van der Waals surface area contributed by atoms with Gasteiger partial charge in [-0.3, -0.25) is 9.69 Å². The van der Waals surface area contributed by atoms with Gasteiger partial charge in [-0.2, -0.15) is 5.10 Å². The molecule has 2 aromatic rings. The van der Waals surface area contributed by atoms with E-state index in [9.17, 15) is 4.79 Å². The normalized spacial score (nSPS) is 21.0. The second kappa shape index (κ2) is 10.3. The summed E-state index contributed by atoms with van der Waals surface area (Å²) in [4.78, 5) is 15.9. The van der Waals surface area contributed by atoms with E-state index in [0.717, 1.165) is 42.0 Å². The van der Waals surface area contributed by atoms with E-state index in [4.69, 9.17) is 19.3 Å². The van der Waals surface area contributed by atoms with E-state index >= 15 is 0 Å². The van der Waals surface area contributed by atoms with Gasteiger partial charge in [-0.15, -0.1) is 0 Å². The second-order valence-corrected chi connectivity index (χ2v) is 8.63. The fourth-order valence-electron chi connectivity index (χ4n) is 4.77. The molecule has 2 unspecified atom stereocenters. The Bertz CT molecular complexity index is 1020. The molecular formula is C26H33N3O4. The number of likely N-dealkylation sites (tertiary alicyclic amines) is 1. The molecular weight excluding hydrogens is 418 g/mol. The zero-order valence-electron chi connectivity index (χ0n) is 19.9. The van der Waals surface area contributed by atoms with E-state index in [-0.39, 0.29) is 11.9 Å². The lowest BCUT2D eigenvalue weighted by Gasteiger charge is -2.34. The molecule has 7 nitrogen and oxygen atoms in total. The summed E-state index contributed by atoms with van der Waals surface area (Å²) in [5.41, 5.74) is 2.60. The first kappa shape index (κ1) is 23.1. The quantitative estimate of drug-likeness (QED) is 0.629. The molecule has 176 valence electrons. The number of amides is 1. The van der Waals surface area contributed by atoms with Gasteiger partial charge >= 0.3 is 0 Å². The van der Waals surface area contributed by atoms with Crippen LogP contribution in [0.15, 0.2) is 47.6 Å². The smallest absolute Gasteiger partial charge is 0.257 e. The van der Waals surface area contributed by atoms with Crippen LogP contribution in [0.25, 0.3) is 0 Å². The zero-order chi connectivity index (χ0) is 23.4. The first-order valence-electron chi connectivity index (χ1n) is 11.5. The number of nitrogens with zero attached hydrogens (tertiary/aromatic N) is 3. The van der Waals surface area contributed by atoms with Crippen LogP contribution in [0.1, 0.15) is 49.8 Å². The Balaban J connectivity index is 1.71. The van der Waals surface area contributed by atoms with Crippen molar-refractivity contribution in [2.45, 2.75) is 44.7 Å². The number of methoxy groups -OCH3 is 3. The molecule has 0 bridgehead atoms. The third kappa shape index (κ3) is 4.83. The highest BCUT2D eigenvalue weighted by molar-refractivity contribution is 6.05. The van der Waals surface area contributed by atoms with Crippen molar-refractivity contribution in [1.82, 2.24) is 9.91 Å². The average molecular weight is 452 g/mol. The van der Waals surface area contributed by atoms with Crippen molar-refractivity contribution in [2.24, 2.45) is 5.10 Å². The van der Waals surface area contributed by atoms with E-state index in [1.54, 1.807) is 26.3 Å². The molecule has 2 heterocycles. The van der Waals surface area contributed by atoms with Crippen molar-refractivity contribution in [2.75, 3.05) is 34.4 Å². The fourth-order valence-corrected chi connectivity index (χ4v) is 4.77. The maximum Gasteiger partial charge on any atom is 0.257 e. The van der Waals surface area contributed by atoms with E-state index < -0.39 is 0 Å². The van der Waals surface area contributed by atoms with Gasteiger partial charge < -0.3 is 14.2 Å². The lowest BCUT2D eigenvalue weighted by molar-refractivity contribution is -0.135. The molecule has 0 N–H and O–H groups in total. The van der Waals surface area contributed by atoms with Crippen LogP contribution in [-0.4, -0.2) is 62.0 Å². The number of benzene rings is 2. The van der Waals surface area contributed by atoms with Gasteiger partial charge in [0.2, 0.25) is 0 Å². The first-order valence-corrected chi connectivity index (χ1v) is 11.5. The molecule has 2 aliphatic rings. The lowest BCUT2D eigenvalue weighted by atomic mass is 9.96. The maximum atomic E-state index is 13.6. The molecule has 4 rings (SSSR count). The van der Waals surface area contributed by atoms with Crippen molar-refractivity contribution in [3.05, 3.63) is 53.6 Å². The Hall–Kier alpha value is -3.06. The summed E-state index contributed by atoms with van der Waals surface area (Å²) >= 11 is 0. The van der Waals surface area contributed by atoms with Crippen molar-refractivity contribution in [1.29, 1.82) is 0 Å². The van der Waals surface area contributed by atoms with Crippen molar-refractivity contribution < 1.29 is 19.0 Å². The van der Waals surface area contributed by atoms with E-state index in [1.807, 2.05) is 42.5 Å². The predicted octanol–water partition coefficient (Wildman–Crippen LogP) is 4.26. The van der Waals surface area contributed by atoms with Gasteiger partial charge in [-0.05, 0) is 56.6 Å². The standard InChI is InChI=1S/C26H33N3O4/c1-18-9-7-8-14-28(18)17-26(30)29-23(21-15-19(31-2)12-13-25(21)33-4)16-22(27-29)20-10-5-6-11-24(20)32-3/h5-6,10-13,15,18,23H,7-9,14,16-17H2,1-4H3. The highest BCUT2D eigenvalue weighted by Crippen LogP contribution is 2.40. The first-order chi connectivity index (χ1) is 16.0. The van der Waals surface area contributed by atoms with Crippen molar-refractivity contribution in [3.8, 4) is 17.2 Å². The third-order valence-corrected chi connectivity index (χ3v) is 6.66. The van der Waals surface area contributed by atoms with E-state index in [0.29, 0.717) is 30.5 Å². The number of para-hydroxylation sites is 1. The van der Waals surface area contributed by atoms with Gasteiger partial charge in [0.05, 0.1) is 39.6 Å². The number of piperidine rings is 1. The van der Waals surface area contributed by atoms with Gasteiger partial charge in [0.15, 0.2) is 0 Å².